The lowest BCUT2D eigenvalue weighted by Gasteiger charge is -2.39. The first-order chi connectivity index (χ1) is 11.4. The number of rotatable bonds is 3. The van der Waals surface area contributed by atoms with E-state index in [2.05, 4.69) is 0 Å². The van der Waals surface area contributed by atoms with Crippen LogP contribution in [0.4, 0.5) is 0 Å². The minimum Gasteiger partial charge on any atom is -0.507 e. The van der Waals surface area contributed by atoms with Crippen molar-refractivity contribution in [1.82, 2.24) is 0 Å². The van der Waals surface area contributed by atoms with E-state index < -0.39 is 42.9 Å². The zero-order valence-electron chi connectivity index (χ0n) is 12.3. The average Bonchev–Trinajstić information content (AvgIpc) is 2.57. The molecule has 0 spiro atoms. The number of hydrogen-bond donors (Lipinski definition) is 5. The molecule has 1 aliphatic heterocycles. The van der Waals surface area contributed by atoms with Crippen molar-refractivity contribution in [3.05, 3.63) is 34.7 Å². The Kier molecular flexibility index (Phi) is 4.43. The fourth-order valence-electron chi connectivity index (χ4n) is 2.50. The van der Waals surface area contributed by atoms with E-state index in [0.717, 1.165) is 6.07 Å². The number of aliphatic hydroxyl groups is 4. The lowest BCUT2D eigenvalue weighted by molar-refractivity contribution is -0.277. The molecular weight excluding hydrogens is 324 g/mol. The zero-order chi connectivity index (χ0) is 17.4. The predicted octanol–water partition coefficient (Wildman–Crippen LogP) is -1.32. The number of ether oxygens (including phenoxy) is 2. The fraction of sp³-hybridized carbons (Fsp3) is 0.400. The first-order valence-electron chi connectivity index (χ1n) is 7.15. The highest BCUT2D eigenvalue weighted by atomic mass is 16.7. The van der Waals surface area contributed by atoms with E-state index >= 15 is 0 Å². The number of aliphatic hydroxyl groups excluding tert-OH is 4. The van der Waals surface area contributed by atoms with Gasteiger partial charge in [0, 0.05) is 6.07 Å². The number of benzene rings is 1. The standard InChI is InChI=1S/C15H16O9/c16-5-9-11(19)12(20)13(21)15(23-9)22-8-3-2-7(17)6-1-4-10(18)24-14(6)8/h1-4,9,11-13,15-17,19-21H,5H2/t9-,11-,12+,13-,15-/m1/s1. The molecule has 0 bridgehead atoms. The first-order valence-corrected chi connectivity index (χ1v) is 7.15. The van der Waals surface area contributed by atoms with Crippen LogP contribution in [-0.2, 0) is 4.74 Å². The van der Waals surface area contributed by atoms with Crippen LogP contribution in [0.25, 0.3) is 11.0 Å². The van der Waals surface area contributed by atoms with Crippen LogP contribution in [0, 0.1) is 0 Å². The average molecular weight is 340 g/mol. The number of fused-ring (bicyclic) bond motifs is 1. The Labute approximate surface area is 134 Å². The van der Waals surface area contributed by atoms with E-state index in [1.165, 1.54) is 18.2 Å². The van der Waals surface area contributed by atoms with Crippen molar-refractivity contribution in [3.8, 4) is 11.5 Å². The molecule has 2 aromatic rings. The van der Waals surface area contributed by atoms with Gasteiger partial charge in [0.1, 0.15) is 30.2 Å². The molecule has 1 fully saturated rings. The largest absolute Gasteiger partial charge is 0.507 e. The SMILES string of the molecule is O=c1ccc2c(O)ccc(O[C@@H]3O[C@H](CO)[C@@H](O)[C@H](O)[C@H]3O)c2o1. The van der Waals surface area contributed by atoms with E-state index in [1.807, 2.05) is 0 Å². The molecule has 1 aromatic heterocycles. The van der Waals surface area contributed by atoms with E-state index in [4.69, 9.17) is 19.0 Å². The molecule has 0 aliphatic carbocycles. The van der Waals surface area contributed by atoms with Gasteiger partial charge in [-0.2, -0.15) is 0 Å². The van der Waals surface area contributed by atoms with Crippen molar-refractivity contribution >= 4 is 11.0 Å². The summed E-state index contributed by atoms with van der Waals surface area (Å²) in [5.74, 6) is -0.167. The maximum atomic E-state index is 11.4. The second-order valence-corrected chi connectivity index (χ2v) is 5.40. The van der Waals surface area contributed by atoms with Crippen LogP contribution < -0.4 is 10.4 Å². The smallest absolute Gasteiger partial charge is 0.336 e. The molecule has 24 heavy (non-hydrogen) atoms. The van der Waals surface area contributed by atoms with Crippen molar-refractivity contribution in [2.45, 2.75) is 30.7 Å². The summed E-state index contributed by atoms with van der Waals surface area (Å²) in [6.45, 7) is -0.601. The number of phenols is 1. The van der Waals surface area contributed by atoms with Crippen LogP contribution in [0.1, 0.15) is 0 Å². The van der Waals surface area contributed by atoms with Gasteiger partial charge in [0.05, 0.1) is 12.0 Å². The monoisotopic (exact) mass is 340 g/mol. The van der Waals surface area contributed by atoms with Crippen LogP contribution in [-0.4, -0.2) is 62.8 Å². The summed E-state index contributed by atoms with van der Waals surface area (Å²) in [4.78, 5) is 11.4. The Bertz CT molecular complexity index is 784. The second-order valence-electron chi connectivity index (χ2n) is 5.40. The molecule has 0 amide bonds. The van der Waals surface area contributed by atoms with Crippen molar-refractivity contribution in [3.63, 3.8) is 0 Å². The quantitative estimate of drug-likeness (QED) is 0.429. The van der Waals surface area contributed by atoms with Gasteiger partial charge in [-0.25, -0.2) is 4.79 Å². The Morgan fingerprint density at radius 3 is 2.50 bits per heavy atom. The molecule has 1 aliphatic rings. The number of hydrogen-bond acceptors (Lipinski definition) is 9. The van der Waals surface area contributed by atoms with Gasteiger partial charge in [0.25, 0.3) is 0 Å². The van der Waals surface area contributed by atoms with Crippen molar-refractivity contribution < 1.29 is 39.4 Å². The predicted molar refractivity (Wildman–Crippen MR) is 78.5 cm³/mol. The van der Waals surface area contributed by atoms with Gasteiger partial charge in [-0.3, -0.25) is 0 Å². The lowest BCUT2D eigenvalue weighted by atomic mass is 9.99. The maximum absolute atomic E-state index is 11.4. The third kappa shape index (κ3) is 2.83. The Hall–Kier alpha value is -2.17. The summed E-state index contributed by atoms with van der Waals surface area (Å²) < 4.78 is 15.7. The highest BCUT2D eigenvalue weighted by Crippen LogP contribution is 2.33. The minimum absolute atomic E-state index is 0.0233. The molecule has 130 valence electrons. The number of aromatic hydroxyl groups is 1. The molecule has 9 heteroatoms. The molecule has 0 saturated carbocycles. The van der Waals surface area contributed by atoms with Crippen molar-refractivity contribution in [1.29, 1.82) is 0 Å². The maximum Gasteiger partial charge on any atom is 0.336 e. The molecule has 2 heterocycles. The van der Waals surface area contributed by atoms with Crippen LogP contribution in [0.2, 0.25) is 0 Å². The van der Waals surface area contributed by atoms with E-state index in [9.17, 15) is 25.2 Å². The summed E-state index contributed by atoms with van der Waals surface area (Å²) in [7, 11) is 0. The molecule has 1 saturated heterocycles. The Morgan fingerprint density at radius 2 is 1.79 bits per heavy atom. The normalized spacial score (nSPS) is 30.4. The van der Waals surface area contributed by atoms with Gasteiger partial charge in [-0.1, -0.05) is 0 Å². The molecular formula is C15H16O9. The van der Waals surface area contributed by atoms with Crippen molar-refractivity contribution in [2.75, 3.05) is 6.61 Å². The van der Waals surface area contributed by atoms with Crippen LogP contribution in [0.3, 0.4) is 0 Å². The van der Waals surface area contributed by atoms with Gasteiger partial charge in [-0.05, 0) is 18.2 Å². The molecule has 3 rings (SSSR count). The summed E-state index contributed by atoms with van der Waals surface area (Å²) in [5.41, 5.74) is -0.744. The van der Waals surface area contributed by atoms with E-state index in [1.54, 1.807) is 0 Å². The zero-order valence-corrected chi connectivity index (χ0v) is 12.3. The lowest BCUT2D eigenvalue weighted by Crippen LogP contribution is -2.60. The molecule has 0 unspecified atom stereocenters. The highest BCUT2D eigenvalue weighted by molar-refractivity contribution is 5.87. The van der Waals surface area contributed by atoms with Gasteiger partial charge < -0.3 is 39.4 Å². The van der Waals surface area contributed by atoms with E-state index in [-0.39, 0.29) is 22.5 Å². The van der Waals surface area contributed by atoms with Gasteiger partial charge in [0.15, 0.2) is 11.3 Å². The minimum atomic E-state index is -1.61. The summed E-state index contributed by atoms with van der Waals surface area (Å²) in [6, 6.07) is 5.06. The van der Waals surface area contributed by atoms with Crippen molar-refractivity contribution in [2.24, 2.45) is 0 Å². The van der Waals surface area contributed by atoms with Crippen LogP contribution in [0.15, 0.2) is 33.5 Å². The summed E-state index contributed by atoms with van der Waals surface area (Å²) in [5, 5.41) is 48.7. The third-order valence-electron chi connectivity index (χ3n) is 3.82. The molecule has 0 radical (unpaired) electrons. The molecule has 5 N–H and O–H groups in total. The Morgan fingerprint density at radius 1 is 1.04 bits per heavy atom. The second kappa shape index (κ2) is 6.38. The summed E-state index contributed by atoms with van der Waals surface area (Å²) >= 11 is 0. The van der Waals surface area contributed by atoms with Gasteiger partial charge in [-0.15, -0.1) is 0 Å². The van der Waals surface area contributed by atoms with Gasteiger partial charge in [0.2, 0.25) is 6.29 Å². The molecule has 9 nitrogen and oxygen atoms in total. The van der Waals surface area contributed by atoms with E-state index in [0.29, 0.717) is 0 Å². The summed E-state index contributed by atoms with van der Waals surface area (Å²) in [6.07, 6.45) is -7.29. The van der Waals surface area contributed by atoms with Gasteiger partial charge >= 0.3 is 5.63 Å². The topological polar surface area (TPSA) is 150 Å². The number of phenolic OH excluding ortho intramolecular Hbond substituents is 1. The third-order valence-corrected chi connectivity index (χ3v) is 3.82. The van der Waals surface area contributed by atoms with Crippen LogP contribution in [0.5, 0.6) is 11.5 Å². The molecule has 1 aromatic carbocycles. The van der Waals surface area contributed by atoms with Crippen LogP contribution >= 0.6 is 0 Å². The Balaban J connectivity index is 1.96. The molecule has 5 atom stereocenters. The highest BCUT2D eigenvalue weighted by Gasteiger charge is 2.44. The fourth-order valence-corrected chi connectivity index (χ4v) is 2.50. The first kappa shape index (κ1) is 16.7.